The van der Waals surface area contributed by atoms with Crippen LogP contribution in [-0.2, 0) is 32.2 Å². The first-order valence-electron chi connectivity index (χ1n) is 20.3. The number of nitrogens with two attached hydrogens (primary N) is 5. The quantitative estimate of drug-likeness (QED) is 0.0501. The number of anilines is 6. The third-order valence-corrected chi connectivity index (χ3v) is 11.9. The summed E-state index contributed by atoms with van der Waals surface area (Å²) in [6.45, 7) is 0.186. The molecule has 0 saturated heterocycles. The Hall–Kier alpha value is -8.13. The fourth-order valence-electron chi connectivity index (χ4n) is 6.00. The van der Waals surface area contributed by atoms with Crippen molar-refractivity contribution >= 4 is 64.4 Å². The Labute approximate surface area is 411 Å². The van der Waals surface area contributed by atoms with Crippen molar-refractivity contribution in [2.24, 2.45) is 0 Å². The number of nitrogens with zero attached hydrogens (tertiary/aromatic N) is 10. The van der Waals surface area contributed by atoms with Gasteiger partial charge in [0, 0.05) is 33.9 Å². The summed E-state index contributed by atoms with van der Waals surface area (Å²) < 4.78 is 158. The Morgan fingerprint density at radius 1 is 0.575 bits per heavy atom. The number of sulfonamides is 1. The van der Waals surface area contributed by atoms with Gasteiger partial charge < -0.3 is 37.7 Å². The molecule has 0 aliphatic carbocycles. The fourth-order valence-corrected chi connectivity index (χ4v) is 7.83. The number of alkyl halides is 6. The van der Waals surface area contributed by atoms with E-state index in [9.17, 15) is 52.0 Å². The number of nitrogens with one attached hydrogen (secondary N) is 1. The van der Waals surface area contributed by atoms with E-state index in [-0.39, 0.29) is 53.6 Å². The molecule has 0 spiro atoms. The van der Waals surface area contributed by atoms with Gasteiger partial charge in [-0.2, -0.15) is 36.5 Å². The van der Waals surface area contributed by atoms with Gasteiger partial charge in [0.1, 0.15) is 58.3 Å². The first-order chi connectivity index (χ1) is 34.1. The third-order valence-electron chi connectivity index (χ3n) is 9.49. The minimum absolute atomic E-state index is 0.0108. The molecule has 8 rings (SSSR count). The second kappa shape index (κ2) is 22.1. The van der Waals surface area contributed by atoms with Crippen molar-refractivity contribution in [3.8, 4) is 45.8 Å². The van der Waals surface area contributed by atoms with Gasteiger partial charge >= 0.3 is 12.4 Å². The van der Waals surface area contributed by atoms with Gasteiger partial charge in [0.2, 0.25) is 19.1 Å². The minimum atomic E-state index is -4.67. The summed E-state index contributed by atoms with van der Waals surface area (Å²) in [5.41, 5.74) is 31.8. The van der Waals surface area contributed by atoms with Crippen molar-refractivity contribution in [2.45, 2.75) is 38.3 Å². The van der Waals surface area contributed by atoms with Crippen LogP contribution in [0, 0.1) is 11.6 Å². The van der Waals surface area contributed by atoms with Crippen LogP contribution in [0.15, 0.2) is 94.4 Å². The number of nitrogen functional groups attached to an aromatic ring is 5. The van der Waals surface area contributed by atoms with Gasteiger partial charge in [0.25, 0.3) is 0 Å². The average Bonchev–Trinajstić information content (AvgIpc) is 4.15. The molecule has 0 unspecified atom stereocenters. The van der Waals surface area contributed by atoms with Gasteiger partial charge in [-0.25, -0.2) is 45.6 Å². The molecule has 0 aliphatic heterocycles. The Bertz CT molecular complexity index is 3370. The zero-order chi connectivity index (χ0) is 53.5. The number of rotatable bonds is 14. The van der Waals surface area contributed by atoms with E-state index in [0.717, 1.165) is 0 Å². The van der Waals surface area contributed by atoms with Crippen LogP contribution >= 0.6 is 10.7 Å². The van der Waals surface area contributed by atoms with Crippen molar-refractivity contribution in [3.63, 3.8) is 0 Å². The molecule has 8 aromatic rings. The SMILES string of the molecule is Nc1nc(-c2cc(-c3ccon3)n(Cc3ccccc3F)n2)nc(N)c1N.Nc1nc(-c2cc(-c3ccon3)n(Cc3ccccc3F)n2)nc(N)c1NS(=O)(=O)CCC(F)(F)F.O=S(=O)(Cl)CCC(F)(F)F. The molecule has 0 bridgehead atoms. The lowest BCUT2D eigenvalue weighted by molar-refractivity contribution is -0.130. The highest BCUT2D eigenvalue weighted by Crippen LogP contribution is 2.32. The second-order valence-corrected chi connectivity index (χ2v) is 19.7. The average molecular weight is 1090 g/mol. The Morgan fingerprint density at radius 2 is 0.973 bits per heavy atom. The van der Waals surface area contributed by atoms with Crippen LogP contribution in [-0.4, -0.2) is 90.5 Å². The summed E-state index contributed by atoms with van der Waals surface area (Å²) in [5.74, 6) is -3.73. The van der Waals surface area contributed by atoms with Gasteiger partial charge in [-0.05, 0) is 24.3 Å². The first kappa shape index (κ1) is 54.2. The van der Waals surface area contributed by atoms with Crippen LogP contribution < -0.4 is 33.4 Å². The number of benzene rings is 2. The van der Waals surface area contributed by atoms with E-state index in [1.807, 2.05) is 4.72 Å². The van der Waals surface area contributed by atoms with Gasteiger partial charge in [0.15, 0.2) is 34.9 Å². The molecule has 0 atom stereocenters. The normalized spacial score (nSPS) is 11.9. The first-order valence-corrected chi connectivity index (χ1v) is 24.4. The van der Waals surface area contributed by atoms with Gasteiger partial charge in [-0.3, -0.25) is 14.1 Å². The van der Waals surface area contributed by atoms with E-state index in [0.29, 0.717) is 39.6 Å². The van der Waals surface area contributed by atoms with Crippen LogP contribution in [0.5, 0.6) is 0 Å². The summed E-state index contributed by atoms with van der Waals surface area (Å²) in [5, 5.41) is 16.7. The maximum Gasteiger partial charge on any atom is 0.390 e. The maximum absolute atomic E-state index is 14.2. The Kier molecular flexibility index (Phi) is 16.4. The molecule has 11 N–H and O–H groups in total. The van der Waals surface area contributed by atoms with Crippen molar-refractivity contribution in [1.82, 2.24) is 49.8 Å². The molecule has 2 aromatic carbocycles. The van der Waals surface area contributed by atoms with Crippen molar-refractivity contribution in [1.29, 1.82) is 0 Å². The smallest absolute Gasteiger partial charge is 0.390 e. The highest BCUT2D eigenvalue weighted by molar-refractivity contribution is 8.13. The summed E-state index contributed by atoms with van der Waals surface area (Å²) in [6.07, 6.45) is -9.31. The molecule has 388 valence electrons. The number of halogens is 9. The molecule has 0 radical (unpaired) electrons. The van der Waals surface area contributed by atoms with E-state index >= 15 is 0 Å². The lowest BCUT2D eigenvalue weighted by atomic mass is 10.2. The predicted molar refractivity (Wildman–Crippen MR) is 249 cm³/mol. The van der Waals surface area contributed by atoms with Gasteiger partial charge in [-0.1, -0.05) is 46.7 Å². The highest BCUT2D eigenvalue weighted by Gasteiger charge is 2.31. The standard InChI is InChI=1S/C20H18F4N8O3S.C17H15FN8O.C3H4ClF3O2S/c21-12-4-2-1-3-11(12)10-32-15(13-5-7-35-30-13)9-14(29-32)19-27-17(25)16(18(26)28-19)31-36(33,34)8-6-20(22,23)24;18-10-4-2-1-3-9(10)8-26-13(11-5-6-27-25-11)7-12(24-26)17-22-15(20)14(19)16(21)23-17;4-10(8,9)2-1-3(5,6)7/h1-5,7,9,31H,6,8,10H2,(H4,25,26,27,28);1-7H,8,19H2,(H4,20,21,22,23);1-2H2. The highest BCUT2D eigenvalue weighted by atomic mass is 35.7. The lowest BCUT2D eigenvalue weighted by Crippen LogP contribution is -2.23. The number of hydrogen-bond donors (Lipinski definition) is 6. The minimum Gasteiger partial charge on any atom is -0.393 e. The largest absolute Gasteiger partial charge is 0.393 e. The molecular weight excluding hydrogens is 1050 g/mol. The monoisotopic (exact) mass is 1090 g/mol. The molecule has 0 fully saturated rings. The molecular formula is C40H37ClF8N16O6S2. The van der Waals surface area contributed by atoms with Gasteiger partial charge in [-0.15, -0.1) is 0 Å². The van der Waals surface area contributed by atoms with E-state index in [2.05, 4.69) is 51.1 Å². The fraction of sp³-hybridized carbons (Fsp3) is 0.200. The van der Waals surface area contributed by atoms with E-state index in [1.165, 1.54) is 35.4 Å². The Morgan fingerprint density at radius 3 is 1.33 bits per heavy atom. The topological polar surface area (TPSA) is 350 Å². The van der Waals surface area contributed by atoms with Crippen LogP contribution in [0.3, 0.4) is 0 Å². The third kappa shape index (κ3) is 15.2. The molecule has 73 heavy (non-hydrogen) atoms. The van der Waals surface area contributed by atoms with Crippen LogP contribution in [0.25, 0.3) is 45.8 Å². The summed E-state index contributed by atoms with van der Waals surface area (Å²) in [4.78, 5) is 16.3. The van der Waals surface area contributed by atoms with E-state index in [4.69, 9.17) is 37.7 Å². The molecule has 0 aliphatic rings. The molecule has 33 heteroatoms. The zero-order valence-electron chi connectivity index (χ0n) is 36.9. The van der Waals surface area contributed by atoms with E-state index < -0.39 is 78.9 Å². The molecule has 6 heterocycles. The van der Waals surface area contributed by atoms with Crippen LogP contribution in [0.1, 0.15) is 24.0 Å². The maximum atomic E-state index is 14.2. The Balaban J connectivity index is 0.000000206. The number of aromatic nitrogens is 10. The summed E-state index contributed by atoms with van der Waals surface area (Å²) in [6, 6.07) is 19.0. The number of hydrogen-bond acceptors (Lipinski definition) is 19. The van der Waals surface area contributed by atoms with Crippen molar-refractivity contribution in [2.75, 3.05) is 44.9 Å². The summed E-state index contributed by atoms with van der Waals surface area (Å²) in [7, 11) is -3.94. The van der Waals surface area contributed by atoms with Crippen LogP contribution in [0.4, 0.5) is 69.8 Å². The summed E-state index contributed by atoms with van der Waals surface area (Å²) >= 11 is 0. The predicted octanol–water partition coefficient (Wildman–Crippen LogP) is 6.48. The zero-order valence-corrected chi connectivity index (χ0v) is 39.2. The molecule has 6 aromatic heterocycles. The van der Waals surface area contributed by atoms with Crippen molar-refractivity contribution < 1.29 is 61.0 Å². The molecule has 22 nitrogen and oxygen atoms in total. The van der Waals surface area contributed by atoms with Crippen molar-refractivity contribution in [3.05, 3.63) is 108 Å². The molecule has 0 saturated carbocycles. The van der Waals surface area contributed by atoms with Crippen LogP contribution in [0.2, 0.25) is 0 Å². The van der Waals surface area contributed by atoms with E-state index in [1.54, 1.807) is 59.3 Å². The second-order valence-electron chi connectivity index (χ2n) is 14.9. The lowest BCUT2D eigenvalue weighted by Gasteiger charge is -2.13. The molecule has 0 amide bonds. The van der Waals surface area contributed by atoms with Gasteiger partial charge in [0.05, 0.1) is 48.8 Å².